The molecule has 0 aliphatic rings. The first kappa shape index (κ1) is 9.52. The summed E-state index contributed by atoms with van der Waals surface area (Å²) < 4.78 is 0. The Kier molecular flexibility index (Phi) is 2.73. The fourth-order valence-corrected chi connectivity index (χ4v) is 2.14. The number of nitrogens with zero attached hydrogens (tertiary/aromatic N) is 2. The van der Waals surface area contributed by atoms with E-state index >= 15 is 0 Å². The summed E-state index contributed by atoms with van der Waals surface area (Å²) in [6.45, 7) is 9.79. The quantitative estimate of drug-likeness (QED) is 0.702. The van der Waals surface area contributed by atoms with Crippen molar-refractivity contribution < 1.29 is 0 Å². The Balaban J connectivity index is 2.84. The molecule has 0 atom stereocenters. The van der Waals surface area contributed by atoms with E-state index < -0.39 is 0 Å². The van der Waals surface area contributed by atoms with E-state index in [1.807, 2.05) is 11.6 Å². The summed E-state index contributed by atoms with van der Waals surface area (Å²) in [6.07, 6.45) is 1.86. The van der Waals surface area contributed by atoms with Crippen molar-refractivity contribution in [2.75, 3.05) is 11.4 Å². The Morgan fingerprint density at radius 1 is 1.50 bits per heavy atom. The van der Waals surface area contributed by atoms with Crippen LogP contribution in [0.15, 0.2) is 11.6 Å². The average molecular weight is 184 g/mol. The molecule has 3 heteroatoms. The van der Waals surface area contributed by atoms with E-state index in [-0.39, 0.29) is 5.54 Å². The molecule has 0 unspecified atom stereocenters. The van der Waals surface area contributed by atoms with Crippen molar-refractivity contribution in [3.8, 4) is 0 Å². The first-order valence-corrected chi connectivity index (χ1v) is 5.11. The lowest BCUT2D eigenvalue weighted by molar-refractivity contribution is 0.512. The van der Waals surface area contributed by atoms with Gasteiger partial charge < -0.3 is 4.90 Å². The number of hydrogen-bond acceptors (Lipinski definition) is 3. The van der Waals surface area contributed by atoms with Gasteiger partial charge in [-0.1, -0.05) is 0 Å². The van der Waals surface area contributed by atoms with Crippen LogP contribution in [0.3, 0.4) is 0 Å². The molecule has 0 fully saturated rings. The first-order chi connectivity index (χ1) is 5.55. The molecule has 12 heavy (non-hydrogen) atoms. The molecule has 0 saturated carbocycles. The summed E-state index contributed by atoms with van der Waals surface area (Å²) in [4.78, 5) is 6.60. The number of aromatic nitrogens is 1. The van der Waals surface area contributed by atoms with Crippen LogP contribution >= 0.6 is 11.3 Å². The van der Waals surface area contributed by atoms with Crippen LogP contribution < -0.4 is 4.90 Å². The molecule has 0 radical (unpaired) electrons. The number of rotatable bonds is 2. The van der Waals surface area contributed by atoms with E-state index in [2.05, 4.69) is 37.6 Å². The fraction of sp³-hybridized carbons (Fsp3) is 0.667. The SMILES string of the molecule is CCN(c1nccs1)C(C)(C)C. The van der Waals surface area contributed by atoms with Crippen molar-refractivity contribution in [1.82, 2.24) is 4.98 Å². The summed E-state index contributed by atoms with van der Waals surface area (Å²) >= 11 is 1.70. The van der Waals surface area contributed by atoms with Gasteiger partial charge in [0.25, 0.3) is 0 Å². The molecule has 0 amide bonds. The van der Waals surface area contributed by atoms with Gasteiger partial charge in [-0.15, -0.1) is 11.3 Å². The second-order valence-electron chi connectivity index (χ2n) is 3.73. The Morgan fingerprint density at radius 2 is 2.17 bits per heavy atom. The third kappa shape index (κ3) is 1.97. The van der Waals surface area contributed by atoms with Gasteiger partial charge in [-0.05, 0) is 27.7 Å². The van der Waals surface area contributed by atoms with Crippen LogP contribution in [-0.2, 0) is 0 Å². The predicted molar refractivity (Wildman–Crippen MR) is 54.9 cm³/mol. The lowest BCUT2D eigenvalue weighted by Crippen LogP contribution is -2.41. The van der Waals surface area contributed by atoms with Gasteiger partial charge in [0.05, 0.1) is 0 Å². The highest BCUT2D eigenvalue weighted by atomic mass is 32.1. The molecule has 0 spiro atoms. The molecule has 0 N–H and O–H groups in total. The van der Waals surface area contributed by atoms with Gasteiger partial charge >= 0.3 is 0 Å². The minimum absolute atomic E-state index is 0.173. The number of thiazole rings is 1. The van der Waals surface area contributed by atoms with E-state index in [9.17, 15) is 0 Å². The molecule has 2 nitrogen and oxygen atoms in total. The normalized spacial score (nSPS) is 11.7. The Bertz CT molecular complexity index is 223. The molecular weight excluding hydrogens is 168 g/mol. The fourth-order valence-electron chi connectivity index (χ4n) is 1.25. The van der Waals surface area contributed by atoms with Gasteiger partial charge in [0.15, 0.2) is 5.13 Å². The smallest absolute Gasteiger partial charge is 0.185 e. The van der Waals surface area contributed by atoms with Gasteiger partial charge in [0.1, 0.15) is 0 Å². The molecule has 0 saturated heterocycles. The monoisotopic (exact) mass is 184 g/mol. The average Bonchev–Trinajstić information content (AvgIpc) is 2.38. The van der Waals surface area contributed by atoms with E-state index in [4.69, 9.17) is 0 Å². The minimum Gasteiger partial charge on any atom is -0.344 e. The third-order valence-corrected chi connectivity index (χ3v) is 2.57. The maximum Gasteiger partial charge on any atom is 0.185 e. The van der Waals surface area contributed by atoms with Gasteiger partial charge in [-0.3, -0.25) is 0 Å². The van der Waals surface area contributed by atoms with Crippen molar-refractivity contribution in [3.05, 3.63) is 11.6 Å². The standard InChI is InChI=1S/C9H16N2S/c1-5-11(9(2,3)4)8-10-6-7-12-8/h6-7H,5H2,1-4H3. The van der Waals surface area contributed by atoms with Gasteiger partial charge in [0, 0.05) is 23.7 Å². The molecule has 0 bridgehead atoms. The van der Waals surface area contributed by atoms with Crippen LogP contribution in [-0.4, -0.2) is 17.1 Å². The zero-order valence-electron chi connectivity index (χ0n) is 8.16. The third-order valence-electron chi connectivity index (χ3n) is 1.78. The van der Waals surface area contributed by atoms with Crippen LogP contribution in [0.4, 0.5) is 5.13 Å². The maximum atomic E-state index is 4.30. The van der Waals surface area contributed by atoms with Crippen molar-refractivity contribution >= 4 is 16.5 Å². The molecule has 0 aliphatic carbocycles. The molecule has 0 aromatic carbocycles. The molecule has 1 rings (SSSR count). The topological polar surface area (TPSA) is 16.1 Å². The molecule has 0 aliphatic heterocycles. The Hall–Kier alpha value is -0.570. The lowest BCUT2D eigenvalue weighted by Gasteiger charge is -2.34. The van der Waals surface area contributed by atoms with E-state index in [0.29, 0.717) is 0 Å². The van der Waals surface area contributed by atoms with Crippen molar-refractivity contribution in [2.45, 2.75) is 33.2 Å². The van der Waals surface area contributed by atoms with Gasteiger partial charge in [0.2, 0.25) is 0 Å². The van der Waals surface area contributed by atoms with Crippen LogP contribution in [0, 0.1) is 0 Å². The van der Waals surface area contributed by atoms with Gasteiger partial charge in [-0.2, -0.15) is 0 Å². The van der Waals surface area contributed by atoms with E-state index in [1.54, 1.807) is 11.3 Å². The highest BCUT2D eigenvalue weighted by Gasteiger charge is 2.21. The molecule has 1 heterocycles. The highest BCUT2D eigenvalue weighted by Crippen LogP contribution is 2.24. The van der Waals surface area contributed by atoms with Crippen LogP contribution in [0.25, 0.3) is 0 Å². The van der Waals surface area contributed by atoms with Crippen molar-refractivity contribution in [2.24, 2.45) is 0 Å². The zero-order chi connectivity index (χ0) is 9.19. The second-order valence-corrected chi connectivity index (χ2v) is 4.60. The summed E-state index contributed by atoms with van der Waals surface area (Å²) in [6, 6.07) is 0. The Labute approximate surface area is 78.2 Å². The molecule has 1 aromatic rings. The molecular formula is C9H16N2S. The van der Waals surface area contributed by atoms with Crippen molar-refractivity contribution in [1.29, 1.82) is 0 Å². The summed E-state index contributed by atoms with van der Waals surface area (Å²) in [5.74, 6) is 0. The maximum absolute atomic E-state index is 4.30. The number of hydrogen-bond donors (Lipinski definition) is 0. The second kappa shape index (κ2) is 3.44. The summed E-state index contributed by atoms with van der Waals surface area (Å²) in [5, 5.41) is 3.13. The summed E-state index contributed by atoms with van der Waals surface area (Å²) in [7, 11) is 0. The number of anilines is 1. The molecule has 68 valence electrons. The molecule has 1 aromatic heterocycles. The zero-order valence-corrected chi connectivity index (χ0v) is 8.98. The van der Waals surface area contributed by atoms with E-state index in [1.165, 1.54) is 0 Å². The summed E-state index contributed by atoms with van der Waals surface area (Å²) in [5.41, 5.74) is 0.173. The van der Waals surface area contributed by atoms with Crippen LogP contribution in [0.2, 0.25) is 0 Å². The lowest BCUT2D eigenvalue weighted by atomic mass is 10.1. The largest absolute Gasteiger partial charge is 0.344 e. The van der Waals surface area contributed by atoms with Crippen LogP contribution in [0.5, 0.6) is 0 Å². The Morgan fingerprint density at radius 3 is 2.50 bits per heavy atom. The van der Waals surface area contributed by atoms with Crippen molar-refractivity contribution in [3.63, 3.8) is 0 Å². The predicted octanol–water partition coefficient (Wildman–Crippen LogP) is 2.77. The first-order valence-electron chi connectivity index (χ1n) is 4.23. The van der Waals surface area contributed by atoms with Crippen LogP contribution in [0.1, 0.15) is 27.7 Å². The van der Waals surface area contributed by atoms with Gasteiger partial charge in [-0.25, -0.2) is 4.98 Å². The highest BCUT2D eigenvalue weighted by molar-refractivity contribution is 7.13. The minimum atomic E-state index is 0.173. The van der Waals surface area contributed by atoms with E-state index in [0.717, 1.165) is 11.7 Å².